The monoisotopic (exact) mass is 386 g/mol. The normalized spacial score (nSPS) is 38.3. The van der Waals surface area contributed by atoms with Gasteiger partial charge in [0.1, 0.15) is 30.7 Å². The summed E-state index contributed by atoms with van der Waals surface area (Å²) < 4.78 is 21.1. The van der Waals surface area contributed by atoms with Gasteiger partial charge < -0.3 is 44.5 Å². The van der Waals surface area contributed by atoms with Crippen molar-refractivity contribution in [3.8, 4) is 0 Å². The standard InChI is InChI=1S/C17H22O10/c1-24-15(23)9-6-25-16(11-7(4-18)2-3-8(9)11)27-17-14(22)13(21)12(20)10(5-19)26-17/h2-3,6,10-14,16-22H,4-5H2,1H3. The lowest BCUT2D eigenvalue weighted by molar-refractivity contribution is -0.336. The number of carbonyl (C=O) groups is 1. The number of carbonyl (C=O) groups excluding carboxylic acids is 1. The molecule has 0 amide bonds. The molecular weight excluding hydrogens is 364 g/mol. The van der Waals surface area contributed by atoms with E-state index in [0.29, 0.717) is 11.1 Å². The van der Waals surface area contributed by atoms with Crippen LogP contribution in [0.5, 0.6) is 0 Å². The summed E-state index contributed by atoms with van der Waals surface area (Å²) in [5, 5.41) is 48.7. The van der Waals surface area contributed by atoms with E-state index in [1.165, 1.54) is 7.11 Å². The number of methoxy groups -OCH3 is 1. The van der Waals surface area contributed by atoms with Gasteiger partial charge in [0.2, 0.25) is 6.29 Å². The van der Waals surface area contributed by atoms with Crippen molar-refractivity contribution in [3.63, 3.8) is 0 Å². The van der Waals surface area contributed by atoms with Crippen molar-refractivity contribution in [3.05, 3.63) is 35.1 Å². The molecule has 2 heterocycles. The third-order valence-corrected chi connectivity index (χ3v) is 4.82. The lowest BCUT2D eigenvalue weighted by atomic mass is 9.89. The van der Waals surface area contributed by atoms with E-state index < -0.39 is 55.5 Å². The van der Waals surface area contributed by atoms with E-state index in [2.05, 4.69) is 0 Å². The first kappa shape index (κ1) is 20.0. The molecule has 0 aromatic heterocycles. The van der Waals surface area contributed by atoms with Gasteiger partial charge in [-0.1, -0.05) is 12.2 Å². The Morgan fingerprint density at radius 3 is 2.48 bits per heavy atom. The minimum atomic E-state index is -1.60. The third kappa shape index (κ3) is 3.52. The molecule has 0 aromatic carbocycles. The number of aliphatic hydroxyl groups excluding tert-OH is 5. The Hall–Kier alpha value is -1.79. The molecule has 0 spiro atoms. The van der Waals surface area contributed by atoms with Crippen LogP contribution in [0.4, 0.5) is 0 Å². The summed E-state index contributed by atoms with van der Waals surface area (Å²) in [4.78, 5) is 11.9. The molecule has 7 atom stereocenters. The van der Waals surface area contributed by atoms with Crippen LogP contribution in [0.3, 0.4) is 0 Å². The topological polar surface area (TPSA) is 155 Å². The zero-order chi connectivity index (χ0) is 19.7. The highest BCUT2D eigenvalue weighted by molar-refractivity contribution is 5.94. The van der Waals surface area contributed by atoms with Gasteiger partial charge in [-0.05, 0) is 11.1 Å². The first-order valence-corrected chi connectivity index (χ1v) is 8.34. The van der Waals surface area contributed by atoms with Gasteiger partial charge in [-0.2, -0.15) is 0 Å². The number of fused-ring (bicyclic) bond motifs is 1. The summed E-state index contributed by atoms with van der Waals surface area (Å²) in [6.07, 6.45) is -3.96. The number of esters is 1. The number of rotatable bonds is 5. The highest BCUT2D eigenvalue weighted by Gasteiger charge is 2.48. The number of allylic oxidation sites excluding steroid dienone is 2. The molecular formula is C17H22O10. The van der Waals surface area contributed by atoms with Crippen LogP contribution in [0.15, 0.2) is 35.1 Å². The maximum atomic E-state index is 11.9. The Labute approximate surface area is 154 Å². The van der Waals surface area contributed by atoms with Crippen molar-refractivity contribution >= 4 is 5.97 Å². The predicted molar refractivity (Wildman–Crippen MR) is 86.6 cm³/mol. The lowest BCUT2D eigenvalue weighted by Crippen LogP contribution is -2.60. The average molecular weight is 386 g/mol. The third-order valence-electron chi connectivity index (χ3n) is 4.82. The second kappa shape index (κ2) is 8.07. The molecule has 150 valence electrons. The van der Waals surface area contributed by atoms with E-state index >= 15 is 0 Å². The highest BCUT2D eigenvalue weighted by Crippen LogP contribution is 2.41. The fraction of sp³-hybridized carbons (Fsp3) is 0.588. The number of aliphatic hydroxyl groups is 5. The van der Waals surface area contributed by atoms with Gasteiger partial charge in [0.25, 0.3) is 0 Å². The molecule has 10 heteroatoms. The van der Waals surface area contributed by atoms with Crippen molar-refractivity contribution in [2.45, 2.75) is 37.0 Å². The van der Waals surface area contributed by atoms with Gasteiger partial charge in [-0.3, -0.25) is 0 Å². The van der Waals surface area contributed by atoms with Crippen LogP contribution in [-0.4, -0.2) is 88.8 Å². The van der Waals surface area contributed by atoms with E-state index in [1.807, 2.05) is 0 Å². The Kier molecular flexibility index (Phi) is 5.96. The van der Waals surface area contributed by atoms with Crippen molar-refractivity contribution in [1.29, 1.82) is 0 Å². The molecule has 2 aliphatic heterocycles. The molecule has 1 fully saturated rings. The second-order valence-corrected chi connectivity index (χ2v) is 6.36. The maximum absolute atomic E-state index is 11.9. The zero-order valence-corrected chi connectivity index (χ0v) is 14.5. The Morgan fingerprint density at radius 1 is 1.11 bits per heavy atom. The van der Waals surface area contributed by atoms with Crippen LogP contribution in [0.25, 0.3) is 0 Å². The maximum Gasteiger partial charge on any atom is 0.341 e. The summed E-state index contributed by atoms with van der Waals surface area (Å²) in [5.74, 6) is -1.29. The van der Waals surface area contributed by atoms with E-state index in [9.17, 15) is 30.3 Å². The molecule has 0 bridgehead atoms. The number of hydrogen-bond donors (Lipinski definition) is 5. The molecule has 10 nitrogen and oxygen atoms in total. The Bertz CT molecular complexity index is 667. The van der Waals surface area contributed by atoms with Crippen molar-refractivity contribution < 1.29 is 49.3 Å². The van der Waals surface area contributed by atoms with Gasteiger partial charge in [-0.15, -0.1) is 0 Å². The fourth-order valence-corrected chi connectivity index (χ4v) is 3.31. The van der Waals surface area contributed by atoms with Crippen LogP contribution in [0.2, 0.25) is 0 Å². The molecule has 3 aliphatic rings. The first-order valence-electron chi connectivity index (χ1n) is 8.34. The minimum Gasteiger partial charge on any atom is -0.471 e. The molecule has 3 rings (SSSR count). The van der Waals surface area contributed by atoms with Crippen LogP contribution >= 0.6 is 0 Å². The predicted octanol–water partition coefficient (Wildman–Crippen LogP) is -2.31. The summed E-state index contributed by atoms with van der Waals surface area (Å²) in [6, 6.07) is 0. The SMILES string of the molecule is COC(=O)C1=COC(OC2OC(CO)C(O)C(O)C2O)C2C(CO)=CC=C12. The van der Waals surface area contributed by atoms with E-state index in [0.717, 1.165) is 6.26 Å². The van der Waals surface area contributed by atoms with Gasteiger partial charge in [0, 0.05) is 0 Å². The summed E-state index contributed by atoms with van der Waals surface area (Å²) in [7, 11) is 1.23. The number of hydrogen-bond acceptors (Lipinski definition) is 10. The lowest BCUT2D eigenvalue weighted by Gasteiger charge is -2.42. The Morgan fingerprint density at radius 2 is 1.85 bits per heavy atom. The van der Waals surface area contributed by atoms with Crippen LogP contribution < -0.4 is 0 Å². The van der Waals surface area contributed by atoms with Gasteiger partial charge >= 0.3 is 5.97 Å². The van der Waals surface area contributed by atoms with Gasteiger partial charge in [0.15, 0.2) is 6.29 Å². The molecule has 5 N–H and O–H groups in total. The second-order valence-electron chi connectivity index (χ2n) is 6.36. The Balaban J connectivity index is 1.82. The quantitative estimate of drug-likeness (QED) is 0.326. The average Bonchev–Trinajstić information content (AvgIpc) is 3.12. The molecule has 0 saturated carbocycles. The van der Waals surface area contributed by atoms with Crippen LogP contribution in [0, 0.1) is 5.92 Å². The fourth-order valence-electron chi connectivity index (χ4n) is 3.31. The van der Waals surface area contributed by atoms with Crippen molar-refractivity contribution in [2.24, 2.45) is 5.92 Å². The highest BCUT2D eigenvalue weighted by atomic mass is 16.8. The zero-order valence-electron chi connectivity index (χ0n) is 14.5. The molecule has 0 aromatic rings. The molecule has 1 saturated heterocycles. The summed E-state index contributed by atoms with van der Waals surface area (Å²) in [5.41, 5.74) is 1.18. The number of ether oxygens (including phenoxy) is 4. The van der Waals surface area contributed by atoms with Gasteiger partial charge in [0.05, 0.1) is 31.8 Å². The van der Waals surface area contributed by atoms with Crippen molar-refractivity contribution in [1.82, 2.24) is 0 Å². The van der Waals surface area contributed by atoms with E-state index in [-0.39, 0.29) is 12.2 Å². The largest absolute Gasteiger partial charge is 0.471 e. The van der Waals surface area contributed by atoms with Crippen LogP contribution in [0.1, 0.15) is 0 Å². The molecule has 0 radical (unpaired) electrons. The smallest absolute Gasteiger partial charge is 0.341 e. The summed E-state index contributed by atoms with van der Waals surface area (Å²) in [6.45, 7) is -0.921. The van der Waals surface area contributed by atoms with Crippen molar-refractivity contribution in [2.75, 3.05) is 20.3 Å². The minimum absolute atomic E-state index is 0.163. The molecule has 27 heavy (non-hydrogen) atoms. The summed E-state index contributed by atoms with van der Waals surface area (Å²) >= 11 is 0. The van der Waals surface area contributed by atoms with Gasteiger partial charge in [-0.25, -0.2) is 4.79 Å². The van der Waals surface area contributed by atoms with E-state index in [1.54, 1.807) is 12.2 Å². The molecule has 1 aliphatic carbocycles. The van der Waals surface area contributed by atoms with Crippen LogP contribution in [-0.2, 0) is 23.7 Å². The first-order chi connectivity index (χ1) is 12.9. The molecule has 7 unspecified atom stereocenters. The van der Waals surface area contributed by atoms with E-state index in [4.69, 9.17) is 18.9 Å².